The van der Waals surface area contributed by atoms with Gasteiger partial charge >= 0.3 is 0 Å². The minimum atomic E-state index is 0.0792. The molecule has 0 radical (unpaired) electrons. The average Bonchev–Trinajstić information content (AvgIpc) is 2.18. The van der Waals surface area contributed by atoms with Crippen molar-refractivity contribution in [3.63, 3.8) is 0 Å². The first-order valence-electron chi connectivity index (χ1n) is 5.14. The average molecular weight is 244 g/mol. The monoisotopic (exact) mass is 243 g/mol. The van der Waals surface area contributed by atoms with Crippen LogP contribution in [0.3, 0.4) is 0 Å². The summed E-state index contributed by atoms with van der Waals surface area (Å²) in [6.45, 7) is 6.36. The fourth-order valence-electron chi connectivity index (χ4n) is 1.23. The fourth-order valence-corrected chi connectivity index (χ4v) is 2.21. The van der Waals surface area contributed by atoms with Crippen molar-refractivity contribution in [2.45, 2.75) is 32.1 Å². The van der Waals surface area contributed by atoms with Gasteiger partial charge in [0, 0.05) is 16.8 Å². The summed E-state index contributed by atoms with van der Waals surface area (Å²) in [6.07, 6.45) is 0. The van der Waals surface area contributed by atoms with Gasteiger partial charge in [-0.25, -0.2) is 0 Å². The first kappa shape index (κ1) is 12.9. The summed E-state index contributed by atoms with van der Waals surface area (Å²) >= 11 is 7.93. The third-order valence-corrected chi connectivity index (χ3v) is 3.86. The van der Waals surface area contributed by atoms with Crippen molar-refractivity contribution in [3.05, 3.63) is 34.3 Å². The number of nitrogens with two attached hydrogens (primary N) is 1. The van der Waals surface area contributed by atoms with Crippen molar-refractivity contribution < 1.29 is 0 Å². The number of hydrogen-bond acceptors (Lipinski definition) is 2. The molecule has 1 rings (SSSR count). The van der Waals surface area contributed by atoms with E-state index in [9.17, 15) is 0 Å². The van der Waals surface area contributed by atoms with E-state index in [1.807, 2.05) is 30.8 Å². The van der Waals surface area contributed by atoms with Gasteiger partial charge in [0.1, 0.15) is 0 Å². The molecule has 0 heterocycles. The van der Waals surface area contributed by atoms with E-state index in [1.54, 1.807) is 0 Å². The summed E-state index contributed by atoms with van der Waals surface area (Å²) in [5.41, 5.74) is 8.31. The molecule has 0 bridgehead atoms. The minimum absolute atomic E-state index is 0.0792. The number of rotatable bonds is 4. The molecule has 0 fully saturated rings. The van der Waals surface area contributed by atoms with E-state index in [2.05, 4.69) is 19.9 Å². The molecular formula is C12H18ClNS. The van der Waals surface area contributed by atoms with Crippen molar-refractivity contribution in [1.29, 1.82) is 0 Å². The van der Waals surface area contributed by atoms with Crippen LogP contribution < -0.4 is 5.73 Å². The Kier molecular flexibility index (Phi) is 4.97. The van der Waals surface area contributed by atoms with Gasteiger partial charge < -0.3 is 5.73 Å². The van der Waals surface area contributed by atoms with Gasteiger partial charge in [0.05, 0.1) is 0 Å². The van der Waals surface area contributed by atoms with Gasteiger partial charge in [-0.1, -0.05) is 37.6 Å². The maximum atomic E-state index is 6.08. The van der Waals surface area contributed by atoms with Crippen molar-refractivity contribution >= 4 is 23.4 Å². The zero-order chi connectivity index (χ0) is 11.4. The molecule has 1 unspecified atom stereocenters. The van der Waals surface area contributed by atoms with Crippen LogP contribution in [0.2, 0.25) is 5.02 Å². The molecular weight excluding hydrogens is 226 g/mol. The first-order valence-corrected chi connectivity index (χ1v) is 6.56. The molecule has 3 heteroatoms. The second-order valence-electron chi connectivity index (χ2n) is 4.00. The summed E-state index contributed by atoms with van der Waals surface area (Å²) in [6, 6.07) is 6.14. The SMILES string of the molecule is Cc1ccc(C(N)CSC(C)C)cc1Cl. The first-order chi connectivity index (χ1) is 7.00. The quantitative estimate of drug-likeness (QED) is 0.871. The molecule has 1 atom stereocenters. The van der Waals surface area contributed by atoms with Crippen LogP contribution in [0.15, 0.2) is 18.2 Å². The summed E-state index contributed by atoms with van der Waals surface area (Å²) in [5.74, 6) is 0.942. The molecule has 0 spiro atoms. The molecule has 0 aliphatic carbocycles. The van der Waals surface area contributed by atoms with E-state index in [0.717, 1.165) is 21.9 Å². The second kappa shape index (κ2) is 5.78. The lowest BCUT2D eigenvalue weighted by Gasteiger charge is -2.14. The molecule has 0 amide bonds. The number of hydrogen-bond donors (Lipinski definition) is 1. The molecule has 15 heavy (non-hydrogen) atoms. The van der Waals surface area contributed by atoms with Gasteiger partial charge in [0.2, 0.25) is 0 Å². The van der Waals surface area contributed by atoms with E-state index in [-0.39, 0.29) is 6.04 Å². The van der Waals surface area contributed by atoms with Crippen LogP contribution in [-0.4, -0.2) is 11.0 Å². The van der Waals surface area contributed by atoms with Gasteiger partial charge in [-0.3, -0.25) is 0 Å². The number of aryl methyl sites for hydroxylation is 1. The summed E-state index contributed by atoms with van der Waals surface area (Å²) < 4.78 is 0. The summed E-state index contributed by atoms with van der Waals surface area (Å²) in [5, 5.41) is 1.43. The van der Waals surface area contributed by atoms with Gasteiger partial charge in [0.25, 0.3) is 0 Å². The van der Waals surface area contributed by atoms with Crippen LogP contribution in [0.4, 0.5) is 0 Å². The van der Waals surface area contributed by atoms with Crippen LogP contribution in [0.5, 0.6) is 0 Å². The van der Waals surface area contributed by atoms with Gasteiger partial charge in [-0.05, 0) is 29.4 Å². The van der Waals surface area contributed by atoms with Gasteiger partial charge in [-0.2, -0.15) is 11.8 Å². The van der Waals surface area contributed by atoms with Crippen LogP contribution in [-0.2, 0) is 0 Å². The van der Waals surface area contributed by atoms with E-state index in [1.165, 1.54) is 0 Å². The smallest absolute Gasteiger partial charge is 0.0438 e. The highest BCUT2D eigenvalue weighted by atomic mass is 35.5. The van der Waals surface area contributed by atoms with Crippen LogP contribution in [0, 0.1) is 6.92 Å². The lowest BCUT2D eigenvalue weighted by Crippen LogP contribution is -2.14. The highest BCUT2D eigenvalue weighted by Crippen LogP contribution is 2.23. The van der Waals surface area contributed by atoms with Crippen LogP contribution >= 0.6 is 23.4 Å². The summed E-state index contributed by atoms with van der Waals surface area (Å²) in [7, 11) is 0. The predicted octanol–water partition coefficient (Wildman–Crippen LogP) is 3.79. The standard InChI is InChI=1S/C12H18ClNS/c1-8(2)15-7-12(14)10-5-4-9(3)11(13)6-10/h4-6,8,12H,7,14H2,1-3H3. The van der Waals surface area contributed by atoms with E-state index < -0.39 is 0 Å². The predicted molar refractivity (Wildman–Crippen MR) is 70.7 cm³/mol. The lowest BCUT2D eigenvalue weighted by molar-refractivity contribution is 0.828. The zero-order valence-corrected chi connectivity index (χ0v) is 11.0. The number of halogens is 1. The van der Waals surface area contributed by atoms with E-state index in [4.69, 9.17) is 17.3 Å². The van der Waals surface area contributed by atoms with Gasteiger partial charge in [0.15, 0.2) is 0 Å². The Morgan fingerprint density at radius 2 is 2.07 bits per heavy atom. The Hall–Kier alpha value is -0.180. The largest absolute Gasteiger partial charge is 0.323 e. The zero-order valence-electron chi connectivity index (χ0n) is 9.46. The Balaban J connectivity index is 2.65. The molecule has 1 aromatic carbocycles. The van der Waals surface area contributed by atoms with E-state index >= 15 is 0 Å². The Bertz CT molecular complexity index is 325. The van der Waals surface area contributed by atoms with Gasteiger partial charge in [-0.15, -0.1) is 0 Å². The van der Waals surface area contributed by atoms with Crippen LogP contribution in [0.25, 0.3) is 0 Å². The Morgan fingerprint density at radius 1 is 1.40 bits per heavy atom. The van der Waals surface area contributed by atoms with E-state index in [0.29, 0.717) is 5.25 Å². The molecule has 0 saturated heterocycles. The van der Waals surface area contributed by atoms with Crippen molar-refractivity contribution in [2.75, 3.05) is 5.75 Å². The normalized spacial score (nSPS) is 13.2. The Labute approximate surface area is 101 Å². The lowest BCUT2D eigenvalue weighted by atomic mass is 10.1. The molecule has 0 saturated carbocycles. The molecule has 0 aliphatic heterocycles. The fraction of sp³-hybridized carbons (Fsp3) is 0.500. The second-order valence-corrected chi connectivity index (χ2v) is 6.01. The van der Waals surface area contributed by atoms with Crippen LogP contribution in [0.1, 0.15) is 31.0 Å². The molecule has 84 valence electrons. The number of thioether (sulfide) groups is 1. The minimum Gasteiger partial charge on any atom is -0.323 e. The Morgan fingerprint density at radius 3 is 2.60 bits per heavy atom. The highest BCUT2D eigenvalue weighted by molar-refractivity contribution is 7.99. The summed E-state index contributed by atoms with van der Waals surface area (Å²) in [4.78, 5) is 0. The van der Waals surface area contributed by atoms with Crippen molar-refractivity contribution in [2.24, 2.45) is 5.73 Å². The molecule has 1 nitrogen and oxygen atoms in total. The highest BCUT2D eigenvalue weighted by Gasteiger charge is 2.08. The van der Waals surface area contributed by atoms with Crippen molar-refractivity contribution in [1.82, 2.24) is 0 Å². The topological polar surface area (TPSA) is 26.0 Å². The molecule has 0 aliphatic rings. The third kappa shape index (κ3) is 4.06. The van der Waals surface area contributed by atoms with Crippen molar-refractivity contribution in [3.8, 4) is 0 Å². The molecule has 2 N–H and O–H groups in total. The molecule has 1 aromatic rings. The number of benzene rings is 1. The maximum Gasteiger partial charge on any atom is 0.0438 e. The third-order valence-electron chi connectivity index (χ3n) is 2.23. The molecule has 0 aromatic heterocycles. The maximum absolute atomic E-state index is 6.08.